The SMILES string of the molecule is COc1cc(N2CCN(C[C@H]3CCN(c4ccc5c(c4)C(=O)N(C4CCC(=O)NC4=O)C5=O)C3)CC2)c(-c2cnn(C)c2)cc1Nc1ncc(Cl)c(Nc2ccc(C3CC3)cc2P(C)(C)=O)n1. The number of hydrogen-bond acceptors (Lipinski definition) is 14. The number of halogens is 1. The lowest BCUT2D eigenvalue weighted by molar-refractivity contribution is -0.136. The van der Waals surface area contributed by atoms with E-state index in [1.165, 1.54) is 5.56 Å². The van der Waals surface area contributed by atoms with E-state index < -0.39 is 36.8 Å². The summed E-state index contributed by atoms with van der Waals surface area (Å²) in [5.74, 6) is 0.229. The number of nitrogens with zero attached hydrogens (tertiary/aromatic N) is 8. The van der Waals surface area contributed by atoms with Crippen molar-refractivity contribution in [3.8, 4) is 16.9 Å². The number of piperidine rings is 1. The fourth-order valence-electron chi connectivity index (χ4n) is 9.83. The highest BCUT2D eigenvalue weighted by molar-refractivity contribution is 7.70. The fraction of sp³-hybridized carbons (Fsp3) is 0.396. The molecule has 4 amide bonds. The lowest BCUT2D eigenvalue weighted by Crippen LogP contribution is -2.54. The molecule has 5 aromatic rings. The molecule has 1 saturated carbocycles. The Balaban J connectivity index is 0.811. The lowest BCUT2D eigenvalue weighted by Gasteiger charge is -2.38. The third kappa shape index (κ3) is 8.99. The van der Waals surface area contributed by atoms with Crippen LogP contribution in [0.4, 0.5) is 34.5 Å². The van der Waals surface area contributed by atoms with E-state index in [1.807, 2.05) is 37.6 Å². The number of carbonyl (C=O) groups excluding carboxylic acids is 4. The molecule has 1 unspecified atom stereocenters. The maximum Gasteiger partial charge on any atom is 0.262 e. The predicted molar refractivity (Wildman–Crippen MR) is 258 cm³/mol. The molecule has 4 fully saturated rings. The van der Waals surface area contributed by atoms with Crippen molar-refractivity contribution in [2.45, 2.75) is 44.1 Å². The Kier molecular flexibility index (Phi) is 11.8. The molecule has 3 N–H and O–H groups in total. The second-order valence-corrected chi connectivity index (χ2v) is 22.2. The summed E-state index contributed by atoms with van der Waals surface area (Å²) in [4.78, 5) is 68.5. The molecular formula is C48H53ClN11O6P. The molecule has 2 atom stereocenters. The molecule has 3 saturated heterocycles. The van der Waals surface area contributed by atoms with Gasteiger partial charge in [0.05, 0.1) is 42.0 Å². The summed E-state index contributed by atoms with van der Waals surface area (Å²) in [6, 6.07) is 14.6. The number of hydrogen-bond donors (Lipinski definition) is 3. The topological polar surface area (TPSA) is 187 Å². The number of carbonyl (C=O) groups is 4. The number of nitrogens with one attached hydrogen (secondary N) is 3. The molecule has 2 aromatic heterocycles. The highest BCUT2D eigenvalue weighted by Crippen LogP contribution is 2.45. The molecule has 5 aliphatic rings. The average molecular weight is 946 g/mol. The van der Waals surface area contributed by atoms with Crippen LogP contribution in [0.5, 0.6) is 5.75 Å². The van der Waals surface area contributed by atoms with Gasteiger partial charge in [-0.2, -0.15) is 10.1 Å². The van der Waals surface area contributed by atoms with E-state index in [0.717, 1.165) is 97.8 Å². The van der Waals surface area contributed by atoms with Gasteiger partial charge in [-0.15, -0.1) is 0 Å². The summed E-state index contributed by atoms with van der Waals surface area (Å²) in [5.41, 5.74) is 6.97. The Labute approximate surface area is 393 Å². The van der Waals surface area contributed by atoms with Crippen LogP contribution in [0.15, 0.2) is 67.1 Å². The van der Waals surface area contributed by atoms with E-state index in [1.54, 1.807) is 43.5 Å². The second kappa shape index (κ2) is 17.7. The molecule has 3 aromatic carbocycles. The van der Waals surface area contributed by atoms with E-state index >= 15 is 0 Å². The van der Waals surface area contributed by atoms with Gasteiger partial charge in [-0.05, 0) is 92.8 Å². The molecule has 4 aliphatic heterocycles. The molecule has 0 bridgehead atoms. The number of piperazine rings is 1. The van der Waals surface area contributed by atoms with E-state index in [4.69, 9.17) is 21.3 Å². The van der Waals surface area contributed by atoms with Crippen molar-refractivity contribution in [3.05, 3.63) is 88.8 Å². The van der Waals surface area contributed by atoms with E-state index in [0.29, 0.717) is 51.3 Å². The first-order valence-corrected chi connectivity index (χ1v) is 25.7. The predicted octanol–water partition coefficient (Wildman–Crippen LogP) is 6.20. The third-order valence-corrected chi connectivity index (χ3v) is 15.3. The number of benzene rings is 3. The van der Waals surface area contributed by atoms with Crippen molar-refractivity contribution in [2.24, 2.45) is 13.0 Å². The quantitative estimate of drug-likeness (QED) is 0.0895. The van der Waals surface area contributed by atoms with Gasteiger partial charge in [0.15, 0.2) is 5.82 Å². The van der Waals surface area contributed by atoms with Gasteiger partial charge in [-0.1, -0.05) is 17.7 Å². The molecule has 10 rings (SSSR count). The molecule has 6 heterocycles. The van der Waals surface area contributed by atoms with Gasteiger partial charge >= 0.3 is 0 Å². The summed E-state index contributed by atoms with van der Waals surface area (Å²) in [5, 5.41) is 14.6. The van der Waals surface area contributed by atoms with Crippen LogP contribution in [0.3, 0.4) is 0 Å². The number of aryl methyl sites for hydroxylation is 1. The highest BCUT2D eigenvalue weighted by Gasteiger charge is 2.45. The molecule has 0 spiro atoms. The van der Waals surface area contributed by atoms with Crippen LogP contribution in [0, 0.1) is 5.92 Å². The monoisotopic (exact) mass is 945 g/mol. The van der Waals surface area contributed by atoms with Crippen LogP contribution < -0.4 is 35.8 Å². The van der Waals surface area contributed by atoms with Gasteiger partial charge in [-0.25, -0.2) is 4.98 Å². The van der Waals surface area contributed by atoms with E-state index in [2.05, 4.69) is 58.9 Å². The number of amides is 4. The zero-order valence-electron chi connectivity index (χ0n) is 37.9. The van der Waals surface area contributed by atoms with Crippen molar-refractivity contribution in [3.63, 3.8) is 0 Å². The zero-order chi connectivity index (χ0) is 46.7. The standard InChI is InChI=1S/C48H53ClN11O6P/c1-56-27-31(23-51-56)34-21-38(53-48-50-24-36(49)44(55-48)52-37-10-7-30(29-5-6-29)19-42(37)67(3,4)65)41(66-2)22-40(34)58-17-15-57(16-18-58)25-28-13-14-59(26-28)32-8-9-33-35(20-32)47(64)60(46(33)63)39-11-12-43(61)54-45(39)62/h7-10,19-24,27-29,39H,5-6,11-18,25-26H2,1-4H3,(H,54,61,62)(H2,50,52,53,55)/t28-,39?/m1/s1. The summed E-state index contributed by atoms with van der Waals surface area (Å²) in [6.07, 6.45) is 8.89. The minimum absolute atomic E-state index is 0.0803. The zero-order valence-corrected chi connectivity index (χ0v) is 39.6. The maximum atomic E-state index is 13.5. The highest BCUT2D eigenvalue weighted by atomic mass is 35.5. The Bertz CT molecular complexity index is 2870. The summed E-state index contributed by atoms with van der Waals surface area (Å²) in [6.45, 7) is 9.44. The molecular weight excluding hydrogens is 893 g/mol. The number of fused-ring (bicyclic) bond motifs is 1. The van der Waals surface area contributed by atoms with Gasteiger partial charge in [0.1, 0.15) is 24.0 Å². The molecule has 0 radical (unpaired) electrons. The minimum atomic E-state index is -2.64. The van der Waals surface area contributed by atoms with Crippen molar-refractivity contribution in [2.75, 3.05) is 86.7 Å². The third-order valence-electron chi connectivity index (χ3n) is 13.5. The lowest BCUT2D eigenvalue weighted by atomic mass is 10.0. The minimum Gasteiger partial charge on any atom is -0.494 e. The van der Waals surface area contributed by atoms with Crippen LogP contribution in [-0.2, 0) is 21.2 Å². The van der Waals surface area contributed by atoms with Gasteiger partial charge in [0.25, 0.3) is 11.8 Å². The molecule has 17 nitrogen and oxygen atoms in total. The van der Waals surface area contributed by atoms with Crippen LogP contribution in [-0.4, -0.2) is 125 Å². The maximum absolute atomic E-state index is 13.5. The summed E-state index contributed by atoms with van der Waals surface area (Å²) < 4.78 is 21.2. The first kappa shape index (κ1) is 44.5. The number of imide groups is 2. The first-order valence-electron chi connectivity index (χ1n) is 22.8. The molecule has 19 heteroatoms. The van der Waals surface area contributed by atoms with Crippen molar-refractivity contribution in [1.82, 2.24) is 34.9 Å². The second-order valence-electron chi connectivity index (χ2n) is 18.6. The molecule has 1 aliphatic carbocycles. The van der Waals surface area contributed by atoms with Gasteiger partial charge < -0.3 is 29.7 Å². The Hall–Kier alpha value is -6.29. The fourth-order valence-corrected chi connectivity index (χ4v) is 11.1. The first-order chi connectivity index (χ1) is 32.2. The summed E-state index contributed by atoms with van der Waals surface area (Å²) in [7, 11) is 0.901. The van der Waals surface area contributed by atoms with Gasteiger partial charge in [0.2, 0.25) is 17.8 Å². The number of aromatic nitrogens is 4. The van der Waals surface area contributed by atoms with Gasteiger partial charge in [0, 0.05) is 99.4 Å². The largest absolute Gasteiger partial charge is 0.494 e. The number of ether oxygens (including phenoxy) is 1. The number of anilines is 6. The van der Waals surface area contributed by atoms with Crippen molar-refractivity contribution >= 4 is 82.2 Å². The Morgan fingerprint density at radius 1 is 0.851 bits per heavy atom. The smallest absolute Gasteiger partial charge is 0.262 e. The number of rotatable bonds is 13. The van der Waals surface area contributed by atoms with Crippen LogP contribution >= 0.6 is 18.7 Å². The number of methoxy groups -OCH3 is 1. The Morgan fingerprint density at radius 2 is 1.64 bits per heavy atom. The van der Waals surface area contributed by atoms with E-state index in [-0.39, 0.29) is 18.4 Å². The van der Waals surface area contributed by atoms with Crippen molar-refractivity contribution < 1.29 is 28.5 Å². The average Bonchev–Trinajstić information content (AvgIpc) is 3.82. The van der Waals surface area contributed by atoms with Crippen LogP contribution in [0.1, 0.15) is 64.3 Å². The van der Waals surface area contributed by atoms with Gasteiger partial charge in [-0.3, -0.25) is 39.0 Å². The van der Waals surface area contributed by atoms with Crippen molar-refractivity contribution in [1.29, 1.82) is 0 Å². The van der Waals surface area contributed by atoms with Crippen LogP contribution in [0.25, 0.3) is 11.1 Å². The Morgan fingerprint density at radius 3 is 2.36 bits per heavy atom. The van der Waals surface area contributed by atoms with E-state index in [9.17, 15) is 23.7 Å². The molecule has 348 valence electrons. The summed E-state index contributed by atoms with van der Waals surface area (Å²) >= 11 is 6.66. The normalized spacial score (nSPS) is 20.1. The van der Waals surface area contributed by atoms with Crippen LogP contribution in [0.2, 0.25) is 5.02 Å². The molecule has 67 heavy (non-hydrogen) atoms.